The quantitative estimate of drug-likeness (QED) is 0.811. The summed E-state index contributed by atoms with van der Waals surface area (Å²) in [6, 6.07) is 5.59. The summed E-state index contributed by atoms with van der Waals surface area (Å²) in [7, 11) is 0. The van der Waals surface area contributed by atoms with E-state index in [-0.39, 0.29) is 5.82 Å². The zero-order valence-corrected chi connectivity index (χ0v) is 10.7. The lowest BCUT2D eigenvalue weighted by Gasteiger charge is -2.30. The van der Waals surface area contributed by atoms with Gasteiger partial charge in [-0.15, -0.1) is 11.3 Å². The number of hydrogen-bond donors (Lipinski definition) is 1. The van der Waals surface area contributed by atoms with E-state index in [1.165, 1.54) is 5.39 Å². The first-order valence-electron chi connectivity index (χ1n) is 6.13. The van der Waals surface area contributed by atoms with Crippen LogP contribution in [0.5, 0.6) is 0 Å². The molecule has 0 spiro atoms. The molecular formula is C14H16FNS. The Hall–Kier alpha value is -0.930. The minimum Gasteiger partial charge on any atom is -0.316 e. The van der Waals surface area contributed by atoms with E-state index in [9.17, 15) is 4.39 Å². The zero-order valence-electron chi connectivity index (χ0n) is 9.87. The van der Waals surface area contributed by atoms with Gasteiger partial charge in [0.1, 0.15) is 5.82 Å². The molecule has 17 heavy (non-hydrogen) atoms. The van der Waals surface area contributed by atoms with Crippen molar-refractivity contribution in [2.24, 2.45) is 5.92 Å². The van der Waals surface area contributed by atoms with Crippen LogP contribution < -0.4 is 5.32 Å². The summed E-state index contributed by atoms with van der Waals surface area (Å²) in [6.45, 7) is 4.20. The standard InChI is InChI=1S/C14H16FNS/c1-9-8-16-6-4-11(9)13-12(15)3-2-10-5-7-17-14(10)13/h2-3,5,7,9,11,16H,4,6,8H2,1H3. The monoisotopic (exact) mass is 249 g/mol. The van der Waals surface area contributed by atoms with Gasteiger partial charge in [0.05, 0.1) is 0 Å². The van der Waals surface area contributed by atoms with Gasteiger partial charge in [0.2, 0.25) is 0 Å². The highest BCUT2D eigenvalue weighted by atomic mass is 32.1. The van der Waals surface area contributed by atoms with Gasteiger partial charge in [-0.2, -0.15) is 0 Å². The maximum Gasteiger partial charge on any atom is 0.128 e. The van der Waals surface area contributed by atoms with Crippen molar-refractivity contribution < 1.29 is 4.39 Å². The Morgan fingerprint density at radius 2 is 2.24 bits per heavy atom. The molecule has 2 heterocycles. The second-order valence-electron chi connectivity index (χ2n) is 4.88. The number of benzene rings is 1. The highest BCUT2D eigenvalue weighted by Crippen LogP contribution is 2.38. The van der Waals surface area contributed by atoms with E-state index in [1.54, 1.807) is 17.4 Å². The third-order valence-corrected chi connectivity index (χ3v) is 4.73. The normalized spacial score (nSPS) is 25.3. The van der Waals surface area contributed by atoms with Gasteiger partial charge in [-0.25, -0.2) is 4.39 Å². The van der Waals surface area contributed by atoms with Crippen molar-refractivity contribution in [1.29, 1.82) is 0 Å². The Kier molecular flexibility index (Phi) is 2.89. The Morgan fingerprint density at radius 3 is 3.06 bits per heavy atom. The third kappa shape index (κ3) is 1.87. The average molecular weight is 249 g/mol. The van der Waals surface area contributed by atoms with Gasteiger partial charge in [0, 0.05) is 10.3 Å². The minimum absolute atomic E-state index is 0.0290. The molecule has 1 N–H and O–H groups in total. The summed E-state index contributed by atoms with van der Waals surface area (Å²) >= 11 is 1.66. The third-order valence-electron chi connectivity index (χ3n) is 3.76. The molecule has 1 aromatic heterocycles. The second kappa shape index (κ2) is 4.39. The van der Waals surface area contributed by atoms with Crippen molar-refractivity contribution >= 4 is 21.4 Å². The minimum atomic E-state index is -0.0290. The van der Waals surface area contributed by atoms with Crippen LogP contribution in [0.4, 0.5) is 4.39 Å². The summed E-state index contributed by atoms with van der Waals surface area (Å²) in [4.78, 5) is 0. The second-order valence-corrected chi connectivity index (χ2v) is 5.79. The van der Waals surface area contributed by atoms with Crippen LogP contribution in [0.3, 0.4) is 0 Å². The molecule has 1 aliphatic heterocycles. The number of piperidine rings is 1. The van der Waals surface area contributed by atoms with Crippen LogP contribution in [0.15, 0.2) is 23.6 Å². The molecule has 2 atom stereocenters. The molecule has 0 bridgehead atoms. The highest BCUT2D eigenvalue weighted by molar-refractivity contribution is 7.17. The first kappa shape index (κ1) is 11.2. The molecule has 1 saturated heterocycles. The molecule has 1 nitrogen and oxygen atoms in total. The van der Waals surface area contributed by atoms with E-state index in [1.807, 2.05) is 6.07 Å². The zero-order chi connectivity index (χ0) is 11.8. The van der Waals surface area contributed by atoms with E-state index in [0.717, 1.165) is 29.8 Å². The maximum atomic E-state index is 14.1. The van der Waals surface area contributed by atoms with Crippen LogP contribution in [0.1, 0.15) is 24.8 Å². The molecule has 90 valence electrons. The average Bonchev–Trinajstić information content (AvgIpc) is 2.79. The molecule has 2 aromatic rings. The predicted octanol–water partition coefficient (Wildman–Crippen LogP) is 3.75. The number of hydrogen-bond acceptors (Lipinski definition) is 2. The number of rotatable bonds is 1. The largest absolute Gasteiger partial charge is 0.316 e. The van der Waals surface area contributed by atoms with Gasteiger partial charge in [0.15, 0.2) is 0 Å². The summed E-state index contributed by atoms with van der Waals surface area (Å²) in [6.07, 6.45) is 1.04. The van der Waals surface area contributed by atoms with Crippen LogP contribution in [0, 0.1) is 11.7 Å². The lowest BCUT2D eigenvalue weighted by molar-refractivity contribution is 0.344. The number of nitrogens with one attached hydrogen (secondary N) is 1. The van der Waals surface area contributed by atoms with Crippen molar-refractivity contribution in [2.75, 3.05) is 13.1 Å². The first-order chi connectivity index (χ1) is 8.27. The Morgan fingerprint density at radius 1 is 1.35 bits per heavy atom. The van der Waals surface area contributed by atoms with Gasteiger partial charge in [0.25, 0.3) is 0 Å². The highest BCUT2D eigenvalue weighted by Gasteiger charge is 2.27. The molecule has 0 amide bonds. The van der Waals surface area contributed by atoms with E-state index in [0.29, 0.717) is 11.8 Å². The Labute approximate surface area is 105 Å². The Bertz CT molecular complexity index is 534. The van der Waals surface area contributed by atoms with Crippen molar-refractivity contribution in [2.45, 2.75) is 19.3 Å². The van der Waals surface area contributed by atoms with Gasteiger partial charge < -0.3 is 5.32 Å². The van der Waals surface area contributed by atoms with E-state index < -0.39 is 0 Å². The molecule has 1 aliphatic rings. The summed E-state index contributed by atoms with van der Waals surface area (Å²) in [5.41, 5.74) is 0.950. The molecule has 0 saturated carbocycles. The van der Waals surface area contributed by atoms with Crippen LogP contribution in [0.25, 0.3) is 10.1 Å². The van der Waals surface area contributed by atoms with Crippen molar-refractivity contribution in [3.05, 3.63) is 35.0 Å². The molecule has 1 fully saturated rings. The lowest BCUT2D eigenvalue weighted by Crippen LogP contribution is -2.34. The summed E-state index contributed by atoms with van der Waals surface area (Å²) in [5, 5.41) is 6.61. The van der Waals surface area contributed by atoms with Crippen molar-refractivity contribution in [3.8, 4) is 0 Å². The van der Waals surface area contributed by atoms with E-state index in [4.69, 9.17) is 0 Å². The molecule has 0 radical (unpaired) electrons. The molecule has 0 aliphatic carbocycles. The molecule has 3 rings (SSSR count). The molecule has 3 heteroatoms. The number of thiophene rings is 1. The first-order valence-corrected chi connectivity index (χ1v) is 7.01. The van der Waals surface area contributed by atoms with E-state index >= 15 is 0 Å². The van der Waals surface area contributed by atoms with Crippen LogP contribution in [0.2, 0.25) is 0 Å². The molecule has 1 aromatic carbocycles. The van der Waals surface area contributed by atoms with Gasteiger partial charge >= 0.3 is 0 Å². The van der Waals surface area contributed by atoms with Gasteiger partial charge in [-0.3, -0.25) is 0 Å². The fourth-order valence-electron chi connectivity index (χ4n) is 2.82. The molecular weight excluding hydrogens is 233 g/mol. The number of halogens is 1. The summed E-state index contributed by atoms with van der Waals surface area (Å²) < 4.78 is 15.3. The van der Waals surface area contributed by atoms with Crippen LogP contribution in [-0.4, -0.2) is 13.1 Å². The maximum absolute atomic E-state index is 14.1. The fraction of sp³-hybridized carbons (Fsp3) is 0.429. The SMILES string of the molecule is CC1CNCCC1c1c(F)ccc2ccsc12. The predicted molar refractivity (Wildman–Crippen MR) is 71.2 cm³/mol. The fourth-order valence-corrected chi connectivity index (χ4v) is 3.82. The van der Waals surface area contributed by atoms with E-state index in [2.05, 4.69) is 23.7 Å². The van der Waals surface area contributed by atoms with Crippen LogP contribution >= 0.6 is 11.3 Å². The van der Waals surface area contributed by atoms with Crippen LogP contribution in [-0.2, 0) is 0 Å². The van der Waals surface area contributed by atoms with Crippen molar-refractivity contribution in [3.63, 3.8) is 0 Å². The number of fused-ring (bicyclic) bond motifs is 1. The summed E-state index contributed by atoms with van der Waals surface area (Å²) in [5.74, 6) is 0.836. The molecule has 2 unspecified atom stereocenters. The van der Waals surface area contributed by atoms with Gasteiger partial charge in [-0.05, 0) is 54.2 Å². The Balaban J connectivity index is 2.14. The topological polar surface area (TPSA) is 12.0 Å². The smallest absolute Gasteiger partial charge is 0.128 e. The lowest BCUT2D eigenvalue weighted by atomic mass is 9.82. The van der Waals surface area contributed by atoms with Gasteiger partial charge in [-0.1, -0.05) is 13.0 Å². The van der Waals surface area contributed by atoms with Crippen molar-refractivity contribution in [1.82, 2.24) is 5.32 Å².